The standard InChI is InChI=1S/C13H30O7Si2/c1-16-21(12-14,17-2)10-6-8-13(15)9-7-11-22(18-3,19-4)20-5/h14H,6-12H2,1-5H3. The molecule has 0 spiro atoms. The van der Waals surface area contributed by atoms with E-state index in [4.69, 9.17) is 22.1 Å². The summed E-state index contributed by atoms with van der Waals surface area (Å²) < 4.78 is 26.5. The van der Waals surface area contributed by atoms with E-state index in [-0.39, 0.29) is 12.0 Å². The summed E-state index contributed by atoms with van der Waals surface area (Å²) >= 11 is 0. The highest BCUT2D eigenvalue weighted by Gasteiger charge is 2.37. The third-order valence-corrected chi connectivity index (χ3v) is 9.79. The van der Waals surface area contributed by atoms with Crippen molar-refractivity contribution in [1.29, 1.82) is 0 Å². The van der Waals surface area contributed by atoms with Crippen molar-refractivity contribution in [2.45, 2.75) is 37.8 Å². The van der Waals surface area contributed by atoms with E-state index in [9.17, 15) is 9.90 Å². The van der Waals surface area contributed by atoms with Gasteiger partial charge in [0.2, 0.25) is 0 Å². The van der Waals surface area contributed by atoms with Crippen LogP contribution in [0.5, 0.6) is 0 Å². The second kappa shape index (κ2) is 11.4. The maximum absolute atomic E-state index is 11.9. The van der Waals surface area contributed by atoms with Crippen LogP contribution in [0.15, 0.2) is 0 Å². The summed E-state index contributed by atoms with van der Waals surface area (Å²) in [6.07, 6.45) is 2.17. The minimum Gasteiger partial charge on any atom is -0.396 e. The van der Waals surface area contributed by atoms with Crippen molar-refractivity contribution in [3.05, 3.63) is 0 Å². The fourth-order valence-corrected chi connectivity index (χ4v) is 5.66. The molecule has 0 aliphatic rings. The predicted octanol–water partition coefficient (Wildman–Crippen LogP) is 1.26. The van der Waals surface area contributed by atoms with Gasteiger partial charge in [-0.1, -0.05) is 0 Å². The van der Waals surface area contributed by atoms with Crippen LogP contribution in [-0.2, 0) is 26.9 Å². The molecule has 0 atom stereocenters. The number of aliphatic hydroxyl groups excluding tert-OH is 1. The highest BCUT2D eigenvalue weighted by atomic mass is 28.4. The van der Waals surface area contributed by atoms with Crippen molar-refractivity contribution in [3.63, 3.8) is 0 Å². The molecule has 22 heavy (non-hydrogen) atoms. The molecule has 0 aliphatic carbocycles. The molecular weight excluding hydrogens is 324 g/mol. The number of carbonyl (C=O) groups is 1. The zero-order valence-corrected chi connectivity index (χ0v) is 16.3. The summed E-state index contributed by atoms with van der Waals surface area (Å²) in [5.74, 6) is 0.180. The van der Waals surface area contributed by atoms with Gasteiger partial charge in [0, 0.05) is 54.4 Å². The maximum atomic E-state index is 11.9. The molecule has 0 fully saturated rings. The highest BCUT2D eigenvalue weighted by Crippen LogP contribution is 2.19. The van der Waals surface area contributed by atoms with Gasteiger partial charge in [0.25, 0.3) is 0 Å². The molecule has 0 aliphatic heterocycles. The van der Waals surface area contributed by atoms with Crippen LogP contribution in [-0.4, -0.2) is 70.0 Å². The molecule has 132 valence electrons. The summed E-state index contributed by atoms with van der Waals surface area (Å²) in [5.41, 5.74) is 0. The number of carbonyl (C=O) groups excluding carboxylic acids is 1. The Bertz CT molecular complexity index is 262. The van der Waals surface area contributed by atoms with Gasteiger partial charge in [0.05, 0.1) is 6.23 Å². The lowest BCUT2D eigenvalue weighted by Crippen LogP contribution is -2.44. The number of Topliss-reactive ketones (excluding diaryl/α,β-unsaturated/α-hetero) is 1. The Balaban J connectivity index is 4.06. The van der Waals surface area contributed by atoms with Gasteiger partial charge in [-0.15, -0.1) is 0 Å². The number of hydrogen-bond donors (Lipinski definition) is 1. The van der Waals surface area contributed by atoms with Crippen LogP contribution in [0.1, 0.15) is 25.7 Å². The van der Waals surface area contributed by atoms with Crippen molar-refractivity contribution in [1.82, 2.24) is 0 Å². The topological polar surface area (TPSA) is 83.5 Å². The first-order chi connectivity index (χ1) is 10.5. The van der Waals surface area contributed by atoms with Crippen molar-refractivity contribution >= 4 is 23.1 Å². The molecule has 0 aromatic rings. The van der Waals surface area contributed by atoms with Crippen molar-refractivity contribution in [2.75, 3.05) is 41.8 Å². The summed E-state index contributed by atoms with van der Waals surface area (Å²) in [7, 11) is 2.68. The largest absolute Gasteiger partial charge is 0.500 e. The zero-order valence-electron chi connectivity index (χ0n) is 14.3. The van der Waals surface area contributed by atoms with Crippen LogP contribution < -0.4 is 0 Å². The fraction of sp³-hybridized carbons (Fsp3) is 0.923. The Labute approximate surface area is 135 Å². The summed E-state index contributed by atoms with van der Waals surface area (Å²) in [5, 5.41) is 9.34. The molecule has 0 aromatic heterocycles. The zero-order chi connectivity index (χ0) is 17.1. The first-order valence-electron chi connectivity index (χ1n) is 7.35. The molecule has 9 heteroatoms. The van der Waals surface area contributed by atoms with Crippen molar-refractivity contribution in [2.24, 2.45) is 0 Å². The Morgan fingerprint density at radius 1 is 0.818 bits per heavy atom. The van der Waals surface area contributed by atoms with Gasteiger partial charge >= 0.3 is 17.4 Å². The average Bonchev–Trinajstić information content (AvgIpc) is 2.56. The second-order valence-corrected chi connectivity index (χ2v) is 11.6. The van der Waals surface area contributed by atoms with Crippen LogP contribution in [0.4, 0.5) is 0 Å². The van der Waals surface area contributed by atoms with Crippen LogP contribution in [0.2, 0.25) is 12.1 Å². The van der Waals surface area contributed by atoms with Gasteiger partial charge in [-0.2, -0.15) is 0 Å². The molecule has 0 unspecified atom stereocenters. The lowest BCUT2D eigenvalue weighted by Gasteiger charge is -2.25. The van der Waals surface area contributed by atoms with Gasteiger partial charge in [0.15, 0.2) is 0 Å². The number of aliphatic hydroxyl groups is 1. The van der Waals surface area contributed by atoms with Gasteiger partial charge < -0.3 is 27.2 Å². The minimum atomic E-state index is -2.58. The molecular formula is C13H30O7Si2. The molecule has 0 amide bonds. The maximum Gasteiger partial charge on any atom is 0.500 e. The SMILES string of the molecule is CO[Si](CO)(CCCC(=O)CCC[Si](OC)(OC)OC)OC. The Kier molecular flexibility index (Phi) is 11.3. The first-order valence-corrected chi connectivity index (χ1v) is 11.5. The molecule has 0 aromatic carbocycles. The monoisotopic (exact) mass is 354 g/mol. The molecule has 1 N–H and O–H groups in total. The Morgan fingerprint density at radius 2 is 1.27 bits per heavy atom. The van der Waals surface area contributed by atoms with E-state index in [1.54, 1.807) is 21.3 Å². The van der Waals surface area contributed by atoms with Crippen LogP contribution in [0, 0.1) is 0 Å². The van der Waals surface area contributed by atoms with E-state index >= 15 is 0 Å². The van der Waals surface area contributed by atoms with Crippen LogP contribution in [0.25, 0.3) is 0 Å². The predicted molar refractivity (Wildman–Crippen MR) is 86.7 cm³/mol. The van der Waals surface area contributed by atoms with Crippen LogP contribution >= 0.6 is 0 Å². The van der Waals surface area contributed by atoms with E-state index in [0.29, 0.717) is 37.8 Å². The molecule has 0 rings (SSSR count). The lowest BCUT2D eigenvalue weighted by molar-refractivity contribution is -0.119. The van der Waals surface area contributed by atoms with Crippen molar-refractivity contribution < 1.29 is 32.0 Å². The van der Waals surface area contributed by atoms with Gasteiger partial charge in [-0.3, -0.25) is 4.79 Å². The quantitative estimate of drug-likeness (QED) is 0.470. The van der Waals surface area contributed by atoms with E-state index in [0.717, 1.165) is 0 Å². The van der Waals surface area contributed by atoms with E-state index in [1.165, 1.54) is 14.2 Å². The van der Waals surface area contributed by atoms with Gasteiger partial charge in [-0.25, -0.2) is 0 Å². The normalized spacial score (nSPS) is 12.6. The lowest BCUT2D eigenvalue weighted by atomic mass is 10.1. The van der Waals surface area contributed by atoms with Gasteiger partial charge in [0.1, 0.15) is 5.78 Å². The van der Waals surface area contributed by atoms with Gasteiger partial charge in [-0.05, 0) is 18.9 Å². The second-order valence-electron chi connectivity index (χ2n) is 5.02. The van der Waals surface area contributed by atoms with E-state index in [2.05, 4.69) is 0 Å². The molecule has 0 radical (unpaired) electrons. The summed E-state index contributed by atoms with van der Waals surface area (Å²) in [6.45, 7) is 0. The highest BCUT2D eigenvalue weighted by molar-refractivity contribution is 6.67. The third kappa shape index (κ3) is 6.96. The van der Waals surface area contributed by atoms with E-state index in [1.807, 2.05) is 0 Å². The first kappa shape index (κ1) is 21.9. The molecule has 0 saturated carbocycles. The third-order valence-electron chi connectivity index (χ3n) is 3.87. The Morgan fingerprint density at radius 3 is 1.64 bits per heavy atom. The van der Waals surface area contributed by atoms with Crippen LogP contribution in [0.3, 0.4) is 0 Å². The molecule has 0 heterocycles. The average molecular weight is 355 g/mol. The fourth-order valence-electron chi connectivity index (χ4n) is 2.23. The smallest absolute Gasteiger partial charge is 0.396 e. The minimum absolute atomic E-state index is 0.0994. The summed E-state index contributed by atoms with van der Waals surface area (Å²) in [4.78, 5) is 11.9. The summed E-state index contributed by atoms with van der Waals surface area (Å²) in [6, 6.07) is 1.23. The molecule has 7 nitrogen and oxygen atoms in total. The van der Waals surface area contributed by atoms with E-state index < -0.39 is 17.4 Å². The number of ketones is 1. The Hall–Kier alpha value is -0.136. The molecule has 0 bridgehead atoms. The number of rotatable bonds is 14. The number of hydrogen-bond acceptors (Lipinski definition) is 7. The molecule has 0 saturated heterocycles. The van der Waals surface area contributed by atoms with Crippen molar-refractivity contribution in [3.8, 4) is 0 Å².